The van der Waals surface area contributed by atoms with Gasteiger partial charge in [-0.2, -0.15) is 0 Å². The zero-order chi connectivity index (χ0) is 12.8. The number of benzene rings is 1. The Labute approximate surface area is 115 Å². The lowest BCUT2D eigenvalue weighted by atomic mass is 10.2. The van der Waals surface area contributed by atoms with E-state index in [0.717, 1.165) is 3.57 Å². The van der Waals surface area contributed by atoms with E-state index in [1.165, 1.54) is 0 Å². The summed E-state index contributed by atoms with van der Waals surface area (Å²) in [7, 11) is 3.09. The molecule has 17 heavy (non-hydrogen) atoms. The number of amides is 1. The molecule has 0 heterocycles. The molecule has 0 bridgehead atoms. The van der Waals surface area contributed by atoms with Gasteiger partial charge in [-0.1, -0.05) is 12.1 Å². The lowest BCUT2D eigenvalue weighted by Crippen LogP contribution is -2.43. The number of carbonyl (C=O) groups excluding carboxylic acids is 1. The summed E-state index contributed by atoms with van der Waals surface area (Å²) < 4.78 is 11.1. The van der Waals surface area contributed by atoms with Crippen LogP contribution in [0.4, 0.5) is 0 Å². The van der Waals surface area contributed by atoms with E-state index in [1.807, 2.05) is 25.1 Å². The first-order valence-electron chi connectivity index (χ1n) is 5.21. The summed E-state index contributed by atoms with van der Waals surface area (Å²) in [5, 5.41) is 2.85. The summed E-state index contributed by atoms with van der Waals surface area (Å²) in [6.07, 6.45) is -0.444. The van der Waals surface area contributed by atoms with Crippen LogP contribution in [0.5, 0.6) is 0 Å². The SMILES string of the molecule is COC(OC)C(C)NC(=O)c1ccccc1I. The Bertz CT molecular complexity index is 380. The van der Waals surface area contributed by atoms with Gasteiger partial charge < -0.3 is 14.8 Å². The second-order valence-electron chi connectivity index (χ2n) is 3.58. The van der Waals surface area contributed by atoms with Gasteiger partial charge in [0.15, 0.2) is 6.29 Å². The highest BCUT2D eigenvalue weighted by atomic mass is 127. The van der Waals surface area contributed by atoms with Crippen LogP contribution in [-0.2, 0) is 9.47 Å². The van der Waals surface area contributed by atoms with Crippen molar-refractivity contribution < 1.29 is 14.3 Å². The molecule has 1 unspecified atom stereocenters. The van der Waals surface area contributed by atoms with Crippen LogP contribution < -0.4 is 5.32 Å². The Kier molecular flexibility index (Phi) is 5.87. The maximum absolute atomic E-state index is 12.0. The standard InChI is InChI=1S/C12H16INO3/c1-8(12(16-2)17-3)14-11(15)9-6-4-5-7-10(9)13/h4-8,12H,1-3H3,(H,14,15). The summed E-state index contributed by atoms with van der Waals surface area (Å²) in [4.78, 5) is 12.0. The van der Waals surface area contributed by atoms with E-state index in [4.69, 9.17) is 9.47 Å². The molecule has 0 aromatic heterocycles. The van der Waals surface area contributed by atoms with Crippen molar-refractivity contribution in [1.29, 1.82) is 0 Å². The van der Waals surface area contributed by atoms with E-state index in [1.54, 1.807) is 20.3 Å². The monoisotopic (exact) mass is 349 g/mol. The molecule has 1 amide bonds. The fraction of sp³-hybridized carbons (Fsp3) is 0.417. The summed E-state index contributed by atoms with van der Waals surface area (Å²) in [5.74, 6) is -0.124. The van der Waals surface area contributed by atoms with E-state index >= 15 is 0 Å². The molecule has 0 aliphatic carbocycles. The van der Waals surface area contributed by atoms with E-state index in [0.29, 0.717) is 5.56 Å². The van der Waals surface area contributed by atoms with Gasteiger partial charge in [0, 0.05) is 17.8 Å². The van der Waals surface area contributed by atoms with Crippen molar-refractivity contribution >= 4 is 28.5 Å². The first-order chi connectivity index (χ1) is 8.10. The second-order valence-corrected chi connectivity index (χ2v) is 4.74. The first kappa shape index (κ1) is 14.4. The van der Waals surface area contributed by atoms with E-state index in [2.05, 4.69) is 27.9 Å². The molecule has 1 aromatic rings. The first-order valence-corrected chi connectivity index (χ1v) is 6.29. The van der Waals surface area contributed by atoms with Gasteiger partial charge in [0.25, 0.3) is 5.91 Å². The smallest absolute Gasteiger partial charge is 0.252 e. The van der Waals surface area contributed by atoms with Crippen LogP contribution in [-0.4, -0.2) is 32.5 Å². The van der Waals surface area contributed by atoms with Crippen LogP contribution >= 0.6 is 22.6 Å². The number of methoxy groups -OCH3 is 2. The highest BCUT2D eigenvalue weighted by Crippen LogP contribution is 2.11. The van der Waals surface area contributed by atoms with Crippen molar-refractivity contribution in [1.82, 2.24) is 5.32 Å². The normalized spacial score (nSPS) is 12.5. The van der Waals surface area contributed by atoms with E-state index < -0.39 is 6.29 Å². The molecule has 1 rings (SSSR count). The zero-order valence-corrected chi connectivity index (χ0v) is 12.2. The molecule has 0 saturated carbocycles. The van der Waals surface area contributed by atoms with Crippen LogP contribution in [0, 0.1) is 3.57 Å². The van der Waals surface area contributed by atoms with Crippen molar-refractivity contribution in [3.63, 3.8) is 0 Å². The molecule has 1 N–H and O–H groups in total. The Morgan fingerprint density at radius 1 is 1.29 bits per heavy atom. The predicted molar refractivity (Wildman–Crippen MR) is 73.9 cm³/mol. The van der Waals surface area contributed by atoms with Gasteiger partial charge in [-0.15, -0.1) is 0 Å². The van der Waals surface area contributed by atoms with Crippen LogP contribution in [0.15, 0.2) is 24.3 Å². The number of rotatable bonds is 5. The molecule has 4 nitrogen and oxygen atoms in total. The molecule has 1 aromatic carbocycles. The minimum atomic E-state index is -0.444. The van der Waals surface area contributed by atoms with Gasteiger partial charge >= 0.3 is 0 Å². The third-order valence-corrected chi connectivity index (χ3v) is 3.29. The van der Waals surface area contributed by atoms with Crippen molar-refractivity contribution in [2.75, 3.05) is 14.2 Å². The molecule has 0 radical (unpaired) electrons. The molecule has 0 saturated heterocycles. The third kappa shape index (κ3) is 3.93. The van der Waals surface area contributed by atoms with Crippen molar-refractivity contribution in [3.8, 4) is 0 Å². The summed E-state index contributed by atoms with van der Waals surface area (Å²) >= 11 is 2.13. The Morgan fingerprint density at radius 2 is 1.88 bits per heavy atom. The molecule has 94 valence electrons. The van der Waals surface area contributed by atoms with Gasteiger partial charge in [-0.25, -0.2) is 0 Å². The molecule has 0 fully saturated rings. The van der Waals surface area contributed by atoms with Crippen LogP contribution in [0.3, 0.4) is 0 Å². The number of ether oxygens (including phenoxy) is 2. The highest BCUT2D eigenvalue weighted by molar-refractivity contribution is 14.1. The fourth-order valence-electron chi connectivity index (χ4n) is 1.50. The van der Waals surface area contributed by atoms with Crippen LogP contribution in [0.1, 0.15) is 17.3 Å². The number of hydrogen-bond acceptors (Lipinski definition) is 3. The minimum Gasteiger partial charge on any atom is -0.354 e. The molecule has 0 aliphatic heterocycles. The van der Waals surface area contributed by atoms with Crippen molar-refractivity contribution in [2.24, 2.45) is 0 Å². The lowest BCUT2D eigenvalue weighted by molar-refractivity contribution is -0.117. The minimum absolute atomic E-state index is 0.124. The largest absolute Gasteiger partial charge is 0.354 e. The summed E-state index contributed by atoms with van der Waals surface area (Å²) in [6.45, 7) is 1.84. The summed E-state index contributed by atoms with van der Waals surface area (Å²) in [5.41, 5.74) is 0.658. The van der Waals surface area contributed by atoms with Gasteiger partial charge in [-0.3, -0.25) is 4.79 Å². The van der Waals surface area contributed by atoms with Crippen molar-refractivity contribution in [3.05, 3.63) is 33.4 Å². The zero-order valence-electron chi connectivity index (χ0n) is 10.1. The molecular weight excluding hydrogens is 333 g/mol. The van der Waals surface area contributed by atoms with Crippen LogP contribution in [0.2, 0.25) is 0 Å². The van der Waals surface area contributed by atoms with Gasteiger partial charge in [-0.05, 0) is 41.6 Å². The number of hydrogen-bond donors (Lipinski definition) is 1. The van der Waals surface area contributed by atoms with Crippen molar-refractivity contribution in [2.45, 2.75) is 19.3 Å². The lowest BCUT2D eigenvalue weighted by Gasteiger charge is -2.22. The highest BCUT2D eigenvalue weighted by Gasteiger charge is 2.19. The third-order valence-electron chi connectivity index (χ3n) is 2.35. The quantitative estimate of drug-likeness (QED) is 0.654. The maximum Gasteiger partial charge on any atom is 0.252 e. The van der Waals surface area contributed by atoms with E-state index in [-0.39, 0.29) is 11.9 Å². The maximum atomic E-state index is 12.0. The summed E-state index contributed by atoms with van der Waals surface area (Å²) in [6, 6.07) is 7.21. The average molecular weight is 349 g/mol. The van der Waals surface area contributed by atoms with Gasteiger partial charge in [0.1, 0.15) is 0 Å². The topological polar surface area (TPSA) is 47.6 Å². The number of halogens is 1. The fourth-order valence-corrected chi connectivity index (χ4v) is 2.13. The Balaban J connectivity index is 2.70. The molecule has 1 atom stereocenters. The molecule has 5 heteroatoms. The molecular formula is C12H16INO3. The van der Waals surface area contributed by atoms with Gasteiger partial charge in [0.05, 0.1) is 11.6 Å². The van der Waals surface area contributed by atoms with Crippen LogP contribution in [0.25, 0.3) is 0 Å². The Morgan fingerprint density at radius 3 is 2.41 bits per heavy atom. The molecule has 0 spiro atoms. The van der Waals surface area contributed by atoms with Gasteiger partial charge in [0.2, 0.25) is 0 Å². The average Bonchev–Trinajstić information content (AvgIpc) is 2.31. The second kappa shape index (κ2) is 6.93. The van der Waals surface area contributed by atoms with E-state index in [9.17, 15) is 4.79 Å². The number of nitrogens with one attached hydrogen (secondary N) is 1. The molecule has 0 aliphatic rings. The number of carbonyl (C=O) groups is 1. The Hall–Kier alpha value is -0.660. The predicted octanol–water partition coefficient (Wildman–Crippen LogP) is 2.03.